The maximum Gasteiger partial charge on any atom is 0.115 e. The molecule has 3 heteroatoms. The highest BCUT2D eigenvalue weighted by Crippen LogP contribution is 2.04. The van der Waals surface area contributed by atoms with Crippen molar-refractivity contribution in [3.8, 4) is 0 Å². The summed E-state index contributed by atoms with van der Waals surface area (Å²) in [4.78, 5) is 4.12. The molecule has 0 saturated carbocycles. The van der Waals surface area contributed by atoms with Crippen molar-refractivity contribution in [3.05, 3.63) is 22.7 Å². The highest BCUT2D eigenvalue weighted by atomic mass is 32.1. The second kappa shape index (κ2) is 5.04. The lowest BCUT2D eigenvalue weighted by Crippen LogP contribution is -2.11. The number of likely N-dealkylation sites (N-methyl/N-ethyl adjacent to an activating group) is 1. The van der Waals surface area contributed by atoms with E-state index < -0.39 is 0 Å². The van der Waals surface area contributed by atoms with Crippen LogP contribution in [0.5, 0.6) is 0 Å². The van der Waals surface area contributed by atoms with E-state index in [0.717, 1.165) is 18.1 Å². The molecule has 0 radical (unpaired) electrons. The van der Waals surface area contributed by atoms with Crippen LogP contribution in [0.3, 0.4) is 0 Å². The van der Waals surface area contributed by atoms with Gasteiger partial charge >= 0.3 is 0 Å². The molecule has 0 unspecified atom stereocenters. The first-order valence-electron chi connectivity index (χ1n) is 3.70. The monoisotopic (exact) mass is 168 g/mol. The molecule has 60 valence electrons. The molecule has 0 aliphatic rings. The summed E-state index contributed by atoms with van der Waals surface area (Å²) in [6.45, 7) is 4.04. The summed E-state index contributed by atoms with van der Waals surface area (Å²) in [6, 6.07) is 0. The van der Waals surface area contributed by atoms with Crippen LogP contribution in [0.2, 0.25) is 0 Å². The molecule has 0 aliphatic heterocycles. The molecule has 1 aromatic heterocycles. The van der Waals surface area contributed by atoms with Crippen molar-refractivity contribution in [2.24, 2.45) is 0 Å². The first-order chi connectivity index (χ1) is 5.43. The molecule has 0 aliphatic carbocycles. The van der Waals surface area contributed by atoms with Gasteiger partial charge in [0.2, 0.25) is 0 Å². The Morgan fingerprint density at radius 2 is 2.64 bits per heavy atom. The summed E-state index contributed by atoms with van der Waals surface area (Å²) in [5.41, 5.74) is 0. The Morgan fingerprint density at radius 3 is 3.27 bits per heavy atom. The lowest BCUT2D eigenvalue weighted by atomic mass is 10.5. The lowest BCUT2D eigenvalue weighted by molar-refractivity contribution is 0.801. The molecule has 0 atom stereocenters. The van der Waals surface area contributed by atoms with Crippen LogP contribution in [-0.2, 0) is 0 Å². The summed E-state index contributed by atoms with van der Waals surface area (Å²) in [6.07, 6.45) is 5.94. The first kappa shape index (κ1) is 8.43. The molecule has 0 fully saturated rings. The van der Waals surface area contributed by atoms with Crippen LogP contribution in [0.4, 0.5) is 0 Å². The zero-order chi connectivity index (χ0) is 7.94. The van der Waals surface area contributed by atoms with Gasteiger partial charge in [0.1, 0.15) is 5.01 Å². The molecule has 0 aromatic carbocycles. The fourth-order valence-electron chi connectivity index (χ4n) is 0.704. The number of thiazole rings is 1. The van der Waals surface area contributed by atoms with Gasteiger partial charge in [-0.05, 0) is 12.6 Å². The Bertz CT molecular complexity index is 204. The highest BCUT2D eigenvalue weighted by molar-refractivity contribution is 7.10. The van der Waals surface area contributed by atoms with Crippen molar-refractivity contribution < 1.29 is 0 Å². The minimum Gasteiger partial charge on any atom is -0.314 e. The van der Waals surface area contributed by atoms with E-state index in [4.69, 9.17) is 0 Å². The van der Waals surface area contributed by atoms with Gasteiger partial charge in [0.25, 0.3) is 0 Å². The average molecular weight is 168 g/mol. The normalized spacial score (nSPS) is 11.0. The minimum atomic E-state index is 0.927. The number of rotatable bonds is 4. The molecule has 0 amide bonds. The predicted molar refractivity (Wildman–Crippen MR) is 49.7 cm³/mol. The molecule has 1 heterocycles. The van der Waals surface area contributed by atoms with Crippen LogP contribution in [0.15, 0.2) is 17.7 Å². The van der Waals surface area contributed by atoms with Gasteiger partial charge in [-0.2, -0.15) is 0 Å². The summed E-state index contributed by atoms with van der Waals surface area (Å²) in [5, 5.41) is 6.25. The van der Waals surface area contributed by atoms with Gasteiger partial charge in [-0.3, -0.25) is 0 Å². The summed E-state index contributed by atoms with van der Waals surface area (Å²) in [5.74, 6) is 0. The van der Waals surface area contributed by atoms with Crippen LogP contribution in [0, 0.1) is 0 Å². The largest absolute Gasteiger partial charge is 0.314 e. The Kier molecular flexibility index (Phi) is 3.86. The summed E-state index contributed by atoms with van der Waals surface area (Å²) >= 11 is 1.66. The van der Waals surface area contributed by atoms with Crippen molar-refractivity contribution in [1.82, 2.24) is 10.3 Å². The van der Waals surface area contributed by atoms with Crippen molar-refractivity contribution >= 4 is 17.4 Å². The van der Waals surface area contributed by atoms with E-state index >= 15 is 0 Å². The van der Waals surface area contributed by atoms with E-state index in [0.29, 0.717) is 0 Å². The van der Waals surface area contributed by atoms with Crippen LogP contribution in [-0.4, -0.2) is 18.1 Å². The van der Waals surface area contributed by atoms with Gasteiger partial charge in [-0.15, -0.1) is 11.3 Å². The second-order valence-electron chi connectivity index (χ2n) is 2.08. The van der Waals surface area contributed by atoms with Gasteiger partial charge in [0.05, 0.1) is 0 Å². The molecule has 0 bridgehead atoms. The van der Waals surface area contributed by atoms with Crippen molar-refractivity contribution in [2.75, 3.05) is 13.1 Å². The fourth-order valence-corrected chi connectivity index (χ4v) is 1.26. The number of nitrogens with zero attached hydrogens (tertiary/aromatic N) is 1. The maximum atomic E-state index is 4.12. The minimum absolute atomic E-state index is 0.927. The SMILES string of the molecule is CCNC/C=C/c1nccs1. The smallest absolute Gasteiger partial charge is 0.115 e. The quantitative estimate of drug-likeness (QED) is 0.693. The topological polar surface area (TPSA) is 24.9 Å². The summed E-state index contributed by atoms with van der Waals surface area (Å²) < 4.78 is 0. The Labute approximate surface area is 71.0 Å². The van der Waals surface area contributed by atoms with Gasteiger partial charge in [0, 0.05) is 18.1 Å². The first-order valence-corrected chi connectivity index (χ1v) is 4.58. The molecule has 2 nitrogen and oxygen atoms in total. The third kappa shape index (κ3) is 3.30. The Morgan fingerprint density at radius 1 is 1.73 bits per heavy atom. The zero-order valence-electron chi connectivity index (χ0n) is 6.58. The van der Waals surface area contributed by atoms with Crippen molar-refractivity contribution in [1.29, 1.82) is 0 Å². The Hall–Kier alpha value is -0.670. The molecule has 11 heavy (non-hydrogen) atoms. The number of hydrogen-bond donors (Lipinski definition) is 1. The van der Waals surface area contributed by atoms with E-state index in [1.807, 2.05) is 17.7 Å². The van der Waals surface area contributed by atoms with Crippen molar-refractivity contribution in [2.45, 2.75) is 6.92 Å². The van der Waals surface area contributed by atoms with Crippen LogP contribution in [0.25, 0.3) is 6.08 Å². The third-order valence-corrected chi connectivity index (χ3v) is 1.96. The van der Waals surface area contributed by atoms with Gasteiger partial charge in [0.15, 0.2) is 0 Å². The number of hydrogen-bond acceptors (Lipinski definition) is 3. The molecule has 0 spiro atoms. The Balaban J connectivity index is 2.25. The van der Waals surface area contributed by atoms with Crippen LogP contribution < -0.4 is 5.32 Å². The standard InChI is InChI=1S/C8H12N2S/c1-2-9-5-3-4-8-10-6-7-11-8/h3-4,6-7,9H,2,5H2,1H3/b4-3+. The maximum absolute atomic E-state index is 4.12. The molecular formula is C8H12N2S. The van der Waals surface area contributed by atoms with Crippen LogP contribution >= 0.6 is 11.3 Å². The van der Waals surface area contributed by atoms with E-state index in [2.05, 4.69) is 23.3 Å². The van der Waals surface area contributed by atoms with Crippen molar-refractivity contribution in [3.63, 3.8) is 0 Å². The van der Waals surface area contributed by atoms with Gasteiger partial charge < -0.3 is 5.32 Å². The highest BCUT2D eigenvalue weighted by Gasteiger charge is 1.84. The molecule has 1 rings (SSSR count). The zero-order valence-corrected chi connectivity index (χ0v) is 7.40. The number of aromatic nitrogens is 1. The molecular weight excluding hydrogens is 156 g/mol. The predicted octanol–water partition coefficient (Wildman–Crippen LogP) is 1.77. The average Bonchev–Trinajstić information content (AvgIpc) is 2.50. The molecule has 1 aromatic rings. The molecule has 0 saturated heterocycles. The van der Waals surface area contributed by atoms with E-state index in [1.165, 1.54) is 0 Å². The van der Waals surface area contributed by atoms with E-state index in [9.17, 15) is 0 Å². The fraction of sp³-hybridized carbons (Fsp3) is 0.375. The second-order valence-corrected chi connectivity index (χ2v) is 3.01. The number of nitrogens with one attached hydrogen (secondary N) is 1. The third-order valence-electron chi connectivity index (χ3n) is 1.22. The lowest BCUT2D eigenvalue weighted by Gasteiger charge is -1.91. The van der Waals surface area contributed by atoms with Crippen LogP contribution in [0.1, 0.15) is 11.9 Å². The van der Waals surface area contributed by atoms with Gasteiger partial charge in [-0.1, -0.05) is 13.0 Å². The van der Waals surface area contributed by atoms with E-state index in [-0.39, 0.29) is 0 Å². The van der Waals surface area contributed by atoms with Gasteiger partial charge in [-0.25, -0.2) is 4.98 Å². The summed E-state index contributed by atoms with van der Waals surface area (Å²) in [7, 11) is 0. The van der Waals surface area contributed by atoms with E-state index in [1.54, 1.807) is 11.3 Å². The molecule has 1 N–H and O–H groups in total.